The standard InChI is InChI=1S/C29H30F3N6O.2ClH/c30-29(31,32)27-33-34-35-37(27)38-18-10-17-28(38,19-22-11-4-1-5-12-22)21-36(39)20-25(38)26(23-13-6-2-7-14-23)24-15-8-3-9-16-24;;/h1-9,11-16,25-26,39H,10,17-21H2;2*1H/q+1;;/t25-,28-,38?;;/m0../s1. The number of rotatable bonds is 6. The number of hydrogen-bond donors (Lipinski definition) is 1. The van der Waals surface area contributed by atoms with Gasteiger partial charge in [-0.05, 0) is 21.9 Å². The minimum atomic E-state index is -4.74. The van der Waals surface area contributed by atoms with Gasteiger partial charge < -0.3 is 5.21 Å². The van der Waals surface area contributed by atoms with E-state index in [0.717, 1.165) is 21.5 Å². The largest absolute Gasteiger partial charge is 0.458 e. The highest BCUT2D eigenvalue weighted by atomic mass is 35.5. The normalized spacial score (nSPS) is 24.4. The van der Waals surface area contributed by atoms with Crippen molar-refractivity contribution in [2.75, 3.05) is 19.6 Å². The van der Waals surface area contributed by atoms with E-state index in [-0.39, 0.29) is 48.4 Å². The molecule has 0 bridgehead atoms. The van der Waals surface area contributed by atoms with Crippen molar-refractivity contribution in [2.45, 2.75) is 42.9 Å². The number of piperazine rings is 1. The molecule has 218 valence electrons. The third kappa shape index (κ3) is 5.35. The van der Waals surface area contributed by atoms with Crippen molar-refractivity contribution >= 4 is 24.8 Å². The molecule has 2 aliphatic rings. The van der Waals surface area contributed by atoms with Crippen molar-refractivity contribution in [3.63, 3.8) is 0 Å². The molecular weight excluding hydrogens is 576 g/mol. The number of aromatic nitrogens is 4. The molecule has 1 unspecified atom stereocenters. The van der Waals surface area contributed by atoms with E-state index in [1.165, 1.54) is 5.06 Å². The van der Waals surface area contributed by atoms with Crippen LogP contribution in [0.2, 0.25) is 0 Å². The fraction of sp³-hybridized carbons (Fsp3) is 0.345. The van der Waals surface area contributed by atoms with Crippen LogP contribution in [0.3, 0.4) is 0 Å². The first kappa shape index (κ1) is 30.9. The van der Waals surface area contributed by atoms with Crippen molar-refractivity contribution in [1.29, 1.82) is 0 Å². The quantitative estimate of drug-likeness (QED) is 0.287. The number of nitrogens with zero attached hydrogens (tertiary/aromatic N) is 6. The van der Waals surface area contributed by atoms with E-state index in [1.807, 2.05) is 91.0 Å². The summed E-state index contributed by atoms with van der Waals surface area (Å²) in [5.41, 5.74) is 2.11. The molecule has 1 N–H and O–H groups in total. The number of fused-ring (bicyclic) bond motifs is 1. The predicted molar refractivity (Wildman–Crippen MR) is 154 cm³/mol. The fourth-order valence-electron chi connectivity index (χ4n) is 7.15. The van der Waals surface area contributed by atoms with E-state index in [4.69, 9.17) is 0 Å². The third-order valence-corrected chi connectivity index (χ3v) is 8.51. The number of hydroxylamine groups is 2. The molecule has 0 amide bonds. The maximum atomic E-state index is 14.5. The Hall–Kier alpha value is -3.02. The highest BCUT2D eigenvalue weighted by molar-refractivity contribution is 5.85. The van der Waals surface area contributed by atoms with Gasteiger partial charge in [0.2, 0.25) is 0 Å². The Morgan fingerprint density at radius 2 is 1.46 bits per heavy atom. The molecule has 3 atom stereocenters. The Bertz CT molecular complexity index is 1370. The second kappa shape index (κ2) is 12.1. The van der Waals surface area contributed by atoms with Gasteiger partial charge in [0, 0.05) is 24.5 Å². The number of quaternary nitrogens is 1. The monoisotopic (exact) mass is 607 g/mol. The first-order valence-electron chi connectivity index (χ1n) is 13.2. The van der Waals surface area contributed by atoms with E-state index >= 15 is 0 Å². The predicted octanol–water partition coefficient (Wildman–Crippen LogP) is 5.66. The van der Waals surface area contributed by atoms with Crippen molar-refractivity contribution in [3.05, 3.63) is 114 Å². The molecule has 7 nitrogen and oxygen atoms in total. The maximum absolute atomic E-state index is 14.5. The zero-order chi connectivity index (χ0) is 27.1. The van der Waals surface area contributed by atoms with Gasteiger partial charge in [0.05, 0.1) is 19.0 Å². The lowest BCUT2D eigenvalue weighted by molar-refractivity contribution is -0.210. The summed E-state index contributed by atoms with van der Waals surface area (Å²) in [5, 5.41) is 23.7. The molecule has 0 saturated carbocycles. The van der Waals surface area contributed by atoms with Crippen molar-refractivity contribution in [1.82, 2.24) is 30.0 Å². The molecule has 0 radical (unpaired) electrons. The van der Waals surface area contributed by atoms with E-state index in [9.17, 15) is 18.4 Å². The maximum Gasteiger partial charge on any atom is 0.458 e. The molecular formula is C29H32Cl2F3N6O+. The summed E-state index contributed by atoms with van der Waals surface area (Å²) < 4.78 is 43.3. The first-order chi connectivity index (χ1) is 18.8. The van der Waals surface area contributed by atoms with Crippen LogP contribution in [0.4, 0.5) is 13.2 Å². The van der Waals surface area contributed by atoms with Gasteiger partial charge >= 0.3 is 12.0 Å². The van der Waals surface area contributed by atoms with Gasteiger partial charge in [-0.15, -0.1) is 24.8 Å². The lowest BCUT2D eigenvalue weighted by atomic mass is 9.77. The Labute approximate surface area is 248 Å². The molecule has 3 aromatic carbocycles. The average Bonchev–Trinajstić information content (AvgIpc) is 3.57. The summed E-state index contributed by atoms with van der Waals surface area (Å²) in [6, 6.07) is 28.9. The SMILES string of the molecule is Cl.Cl.ON1C[C@@H](C(c2ccccc2)c2ccccc2)[N+]2(n3nnnc3C(F)(F)F)CCC[C@]2(Cc2ccccc2)C1. The molecule has 2 fully saturated rings. The molecule has 6 rings (SSSR count). The Morgan fingerprint density at radius 1 is 0.902 bits per heavy atom. The van der Waals surface area contributed by atoms with Crippen molar-refractivity contribution in [3.8, 4) is 0 Å². The summed E-state index contributed by atoms with van der Waals surface area (Å²) in [7, 11) is 0. The molecule has 0 aliphatic carbocycles. The molecule has 2 saturated heterocycles. The summed E-state index contributed by atoms with van der Waals surface area (Å²) in [4.78, 5) is 1.03. The molecule has 0 spiro atoms. The Kier molecular flexibility index (Phi) is 9.10. The topological polar surface area (TPSA) is 67.1 Å². The number of alkyl halides is 3. The highest BCUT2D eigenvalue weighted by Crippen LogP contribution is 2.49. The zero-order valence-electron chi connectivity index (χ0n) is 22.1. The van der Waals surface area contributed by atoms with Gasteiger partial charge in [-0.3, -0.25) is 0 Å². The van der Waals surface area contributed by atoms with Gasteiger partial charge in [-0.25, -0.2) is 0 Å². The van der Waals surface area contributed by atoms with Crippen LogP contribution in [0.25, 0.3) is 0 Å². The van der Waals surface area contributed by atoms with Crippen LogP contribution in [0.15, 0.2) is 91.0 Å². The number of halogens is 5. The minimum absolute atomic E-state index is 0. The van der Waals surface area contributed by atoms with Crippen LogP contribution in [-0.4, -0.2) is 61.8 Å². The lowest BCUT2D eigenvalue weighted by Crippen LogP contribution is -2.82. The highest BCUT2D eigenvalue weighted by Gasteiger charge is 2.68. The van der Waals surface area contributed by atoms with Crippen molar-refractivity contribution in [2.24, 2.45) is 0 Å². The number of hydrogen-bond acceptors (Lipinski definition) is 5. The molecule has 2 aliphatic heterocycles. The van der Waals surface area contributed by atoms with Crippen LogP contribution < -0.4 is 4.59 Å². The number of tetrazole rings is 1. The first-order valence-corrected chi connectivity index (χ1v) is 13.2. The molecule has 3 heterocycles. The fourth-order valence-corrected chi connectivity index (χ4v) is 7.15. The molecule has 4 aromatic rings. The molecule has 41 heavy (non-hydrogen) atoms. The lowest BCUT2D eigenvalue weighted by Gasteiger charge is -2.57. The van der Waals surface area contributed by atoms with Crippen molar-refractivity contribution < 1.29 is 18.4 Å². The Morgan fingerprint density at radius 3 is 2.02 bits per heavy atom. The molecule has 1 aromatic heterocycles. The van der Waals surface area contributed by atoms with Gasteiger partial charge in [-0.2, -0.15) is 22.8 Å². The minimum Gasteiger partial charge on any atom is -0.314 e. The second-order valence-electron chi connectivity index (χ2n) is 10.6. The summed E-state index contributed by atoms with van der Waals surface area (Å²) >= 11 is 0. The smallest absolute Gasteiger partial charge is 0.314 e. The van der Waals surface area contributed by atoms with E-state index in [1.54, 1.807) is 0 Å². The van der Waals surface area contributed by atoms with Crippen LogP contribution in [0, 0.1) is 0 Å². The second-order valence-corrected chi connectivity index (χ2v) is 10.6. The van der Waals surface area contributed by atoms with E-state index in [2.05, 4.69) is 15.5 Å². The summed E-state index contributed by atoms with van der Waals surface area (Å²) in [6.07, 6.45) is -2.99. The Balaban J connectivity index is 0.00000194. The van der Waals surface area contributed by atoms with E-state index < -0.39 is 23.6 Å². The summed E-state index contributed by atoms with van der Waals surface area (Å²) in [6.45, 7) is 0.767. The molecule has 12 heteroatoms. The summed E-state index contributed by atoms with van der Waals surface area (Å²) in [5.74, 6) is -1.45. The van der Waals surface area contributed by atoms with Gasteiger partial charge in [0.1, 0.15) is 18.1 Å². The van der Waals surface area contributed by atoms with E-state index in [0.29, 0.717) is 25.8 Å². The number of benzene rings is 3. The van der Waals surface area contributed by atoms with Crippen LogP contribution in [-0.2, 0) is 12.6 Å². The van der Waals surface area contributed by atoms with Crippen LogP contribution >= 0.6 is 24.8 Å². The third-order valence-electron chi connectivity index (χ3n) is 8.51. The van der Waals surface area contributed by atoms with Crippen LogP contribution in [0.1, 0.15) is 41.3 Å². The average molecular weight is 609 g/mol. The van der Waals surface area contributed by atoms with Gasteiger partial charge in [0.15, 0.2) is 0 Å². The van der Waals surface area contributed by atoms with Crippen LogP contribution in [0.5, 0.6) is 0 Å². The van der Waals surface area contributed by atoms with Gasteiger partial charge in [0.25, 0.3) is 0 Å². The zero-order valence-corrected chi connectivity index (χ0v) is 23.8. The van der Waals surface area contributed by atoms with Gasteiger partial charge in [-0.1, -0.05) is 101 Å².